The molecule has 0 bridgehead atoms. The van der Waals surface area contributed by atoms with E-state index in [1.54, 1.807) is 0 Å². The van der Waals surface area contributed by atoms with Gasteiger partial charge in [-0.2, -0.15) is 0 Å². The predicted octanol–water partition coefficient (Wildman–Crippen LogP) is 20.2. The number of aliphatic hydroxyl groups excluding tert-OH is 1. The third kappa shape index (κ3) is 53.3. The predicted molar refractivity (Wildman–Crippen MR) is 310 cm³/mol. The normalized spacial score (nSPS) is 11.6. The molecule has 1 N–H and O–H groups in total. The highest BCUT2D eigenvalue weighted by Gasteiger charge is 2.16. The van der Waals surface area contributed by atoms with Gasteiger partial charge in [0.25, 0.3) is 0 Å². The van der Waals surface area contributed by atoms with Crippen LogP contribution in [0.3, 0.4) is 0 Å². The summed E-state index contributed by atoms with van der Waals surface area (Å²) in [4.78, 5) is 31.1. The summed E-state index contributed by atoms with van der Waals surface area (Å²) in [6.45, 7) is 15.3. The first kappa shape index (κ1) is 69.7. The Morgan fingerprint density at radius 3 is 1.01 bits per heavy atom. The number of rotatable bonds is 60. The highest BCUT2D eigenvalue weighted by molar-refractivity contribution is 5.76. The molecule has 0 aromatic heterocycles. The number of hydrogen-bond acceptors (Lipinski definition) is 6. The molecule has 0 aromatic carbocycles. The van der Waals surface area contributed by atoms with Crippen LogP contribution in [0.1, 0.15) is 349 Å². The van der Waals surface area contributed by atoms with Gasteiger partial charge in [0.1, 0.15) is 6.10 Å². The Balaban J connectivity index is 4.44. The molecule has 0 aliphatic rings. The lowest BCUT2D eigenvalue weighted by molar-refractivity contribution is -0.131. The lowest BCUT2D eigenvalue weighted by atomic mass is 10.0. The molecule has 0 aliphatic heterocycles. The zero-order valence-corrected chi connectivity index (χ0v) is 48.9. The summed E-state index contributed by atoms with van der Waals surface area (Å²) >= 11 is 0. The molecule has 7 nitrogen and oxygen atoms in total. The Hall–Kier alpha value is -1.34. The molecule has 424 valence electrons. The summed E-state index contributed by atoms with van der Waals surface area (Å²) in [5.41, 5.74) is 0. The molecule has 0 saturated heterocycles. The van der Waals surface area contributed by atoms with Crippen LogP contribution in [0.2, 0.25) is 0 Å². The fourth-order valence-electron chi connectivity index (χ4n) is 10.4. The molecular weight excluding hydrogens is 877 g/mol. The molecule has 0 heterocycles. The lowest BCUT2D eigenvalue weighted by Gasteiger charge is -2.23. The van der Waals surface area contributed by atoms with Crippen molar-refractivity contribution in [1.29, 1.82) is 0 Å². The molecular formula is C64H128N2O5. The molecule has 71 heavy (non-hydrogen) atoms. The maximum absolute atomic E-state index is 13.4. The molecule has 0 atom stereocenters. The second-order valence-corrected chi connectivity index (χ2v) is 22.3. The van der Waals surface area contributed by atoms with Gasteiger partial charge in [0, 0.05) is 26.1 Å². The Morgan fingerprint density at radius 1 is 0.352 bits per heavy atom. The molecule has 0 saturated carbocycles. The Labute approximate surface area is 445 Å². The van der Waals surface area contributed by atoms with Gasteiger partial charge in [-0.1, -0.05) is 259 Å². The van der Waals surface area contributed by atoms with Gasteiger partial charge in [-0.25, -0.2) is 4.79 Å². The summed E-state index contributed by atoms with van der Waals surface area (Å²) < 4.78 is 11.5. The minimum absolute atomic E-state index is 0.00666. The van der Waals surface area contributed by atoms with Gasteiger partial charge in [-0.05, 0) is 103 Å². The van der Waals surface area contributed by atoms with E-state index in [1.165, 1.54) is 270 Å². The van der Waals surface area contributed by atoms with Gasteiger partial charge in [0.2, 0.25) is 5.91 Å². The molecule has 0 radical (unpaired) electrons. The van der Waals surface area contributed by atoms with E-state index < -0.39 is 6.16 Å². The number of amides is 1. The highest BCUT2D eigenvalue weighted by Crippen LogP contribution is 2.20. The van der Waals surface area contributed by atoms with Crippen LogP contribution < -0.4 is 0 Å². The fourth-order valence-corrected chi connectivity index (χ4v) is 10.4. The van der Waals surface area contributed by atoms with E-state index in [4.69, 9.17) is 9.47 Å². The Kier molecular flexibility index (Phi) is 58.4. The lowest BCUT2D eigenvalue weighted by Crippen LogP contribution is -2.32. The minimum Gasteiger partial charge on any atom is -0.434 e. The molecule has 1 amide bonds. The van der Waals surface area contributed by atoms with Gasteiger partial charge in [0.05, 0.1) is 6.61 Å². The zero-order valence-electron chi connectivity index (χ0n) is 48.9. The van der Waals surface area contributed by atoms with E-state index in [1.807, 2.05) is 0 Å². The van der Waals surface area contributed by atoms with Crippen molar-refractivity contribution >= 4 is 12.1 Å². The first-order valence-corrected chi connectivity index (χ1v) is 32.5. The van der Waals surface area contributed by atoms with Crippen LogP contribution in [0, 0.1) is 0 Å². The molecule has 0 fully saturated rings. The zero-order chi connectivity index (χ0) is 51.6. The number of nitrogens with zero attached hydrogens (tertiary/aromatic N) is 2. The quantitative estimate of drug-likeness (QED) is 0.0483. The van der Waals surface area contributed by atoms with Gasteiger partial charge in [0.15, 0.2) is 0 Å². The van der Waals surface area contributed by atoms with Crippen molar-refractivity contribution in [3.8, 4) is 0 Å². The largest absolute Gasteiger partial charge is 0.508 e. The first-order chi connectivity index (χ1) is 35.0. The number of ether oxygens (including phenoxy) is 2. The second-order valence-electron chi connectivity index (χ2n) is 22.3. The number of carbonyl (C=O) groups is 2. The summed E-state index contributed by atoms with van der Waals surface area (Å²) in [7, 11) is 0. The van der Waals surface area contributed by atoms with Crippen LogP contribution in [-0.2, 0) is 14.3 Å². The van der Waals surface area contributed by atoms with Gasteiger partial charge in [-0.3, -0.25) is 4.79 Å². The molecule has 7 heteroatoms. The van der Waals surface area contributed by atoms with E-state index in [9.17, 15) is 14.7 Å². The SMILES string of the molecule is CCCCCCCCCCC(CCCCCCCCCC)OC(=O)OCCCCCCCCCN(CCCCCO)CCCCCCCC(=O)N(CCCCCCCCCC)CCCCCCCCCC. The average molecular weight is 1010 g/mol. The van der Waals surface area contributed by atoms with Crippen LogP contribution in [-0.4, -0.2) is 79.0 Å². The molecule has 0 unspecified atom stereocenters. The Bertz CT molecular complexity index is 1000. The number of carbonyl (C=O) groups excluding carboxylic acids is 2. The van der Waals surface area contributed by atoms with Gasteiger partial charge in [-0.15, -0.1) is 0 Å². The standard InChI is InChI=1S/C64H128N2O5/c1-5-9-13-17-21-26-33-42-52-62(53-43-34-27-22-18-14-10-6-2)71-64(69)70-61-51-40-31-25-28-36-45-55-65(57-47-41-50-60-67)56-46-37-32-35-44-54-63(68)66(58-48-38-29-23-19-15-11-7-3)59-49-39-30-24-20-16-12-8-4/h62,67H,5-61H2,1-4H3. The molecule has 0 aliphatic carbocycles. The molecule has 0 rings (SSSR count). The summed E-state index contributed by atoms with van der Waals surface area (Å²) in [6, 6.07) is 0. The number of aliphatic hydroxyl groups is 1. The minimum atomic E-state index is -0.447. The highest BCUT2D eigenvalue weighted by atomic mass is 16.7. The summed E-state index contributed by atoms with van der Waals surface area (Å²) in [5.74, 6) is 0.410. The summed E-state index contributed by atoms with van der Waals surface area (Å²) in [5, 5.41) is 9.32. The smallest absolute Gasteiger partial charge is 0.434 e. The van der Waals surface area contributed by atoms with E-state index in [-0.39, 0.29) is 6.10 Å². The van der Waals surface area contributed by atoms with Crippen LogP contribution in [0.5, 0.6) is 0 Å². The topological polar surface area (TPSA) is 79.3 Å². The van der Waals surface area contributed by atoms with E-state index in [2.05, 4.69) is 37.5 Å². The maximum atomic E-state index is 13.4. The van der Waals surface area contributed by atoms with Gasteiger partial charge < -0.3 is 24.4 Å². The maximum Gasteiger partial charge on any atom is 0.508 e. The second kappa shape index (κ2) is 59.5. The van der Waals surface area contributed by atoms with E-state index in [0.717, 1.165) is 83.8 Å². The van der Waals surface area contributed by atoms with Crippen molar-refractivity contribution in [2.45, 2.75) is 355 Å². The molecule has 0 aromatic rings. The van der Waals surface area contributed by atoms with Crippen molar-refractivity contribution in [2.75, 3.05) is 45.9 Å². The first-order valence-electron chi connectivity index (χ1n) is 32.5. The monoisotopic (exact) mass is 1000 g/mol. The molecule has 0 spiro atoms. The average Bonchev–Trinajstić information content (AvgIpc) is 3.37. The van der Waals surface area contributed by atoms with E-state index in [0.29, 0.717) is 19.1 Å². The Morgan fingerprint density at radius 2 is 0.648 bits per heavy atom. The van der Waals surface area contributed by atoms with E-state index >= 15 is 0 Å². The number of unbranched alkanes of at least 4 members (excludes halogenated alkanes) is 40. The summed E-state index contributed by atoms with van der Waals surface area (Å²) in [6.07, 6.45) is 61.5. The van der Waals surface area contributed by atoms with Crippen LogP contribution in [0.15, 0.2) is 0 Å². The van der Waals surface area contributed by atoms with Crippen LogP contribution >= 0.6 is 0 Å². The van der Waals surface area contributed by atoms with Gasteiger partial charge >= 0.3 is 6.16 Å². The van der Waals surface area contributed by atoms with Crippen molar-refractivity contribution in [1.82, 2.24) is 9.80 Å². The van der Waals surface area contributed by atoms with Crippen molar-refractivity contribution in [3.05, 3.63) is 0 Å². The van der Waals surface area contributed by atoms with Crippen LogP contribution in [0.4, 0.5) is 4.79 Å². The third-order valence-corrected chi connectivity index (χ3v) is 15.3. The van der Waals surface area contributed by atoms with Crippen molar-refractivity contribution in [3.63, 3.8) is 0 Å². The fraction of sp³-hybridized carbons (Fsp3) is 0.969. The third-order valence-electron chi connectivity index (χ3n) is 15.3. The van der Waals surface area contributed by atoms with Crippen molar-refractivity contribution in [2.24, 2.45) is 0 Å². The van der Waals surface area contributed by atoms with Crippen LogP contribution in [0.25, 0.3) is 0 Å². The van der Waals surface area contributed by atoms with Crippen molar-refractivity contribution < 1.29 is 24.2 Å². The number of hydrogen-bond donors (Lipinski definition) is 1.